The Morgan fingerprint density at radius 3 is 1.37 bits per heavy atom. The summed E-state index contributed by atoms with van der Waals surface area (Å²) < 4.78 is 171. The summed E-state index contributed by atoms with van der Waals surface area (Å²) in [7, 11) is 0. The van der Waals surface area contributed by atoms with E-state index in [1.807, 2.05) is 0 Å². The average Bonchev–Trinajstić information content (AvgIpc) is 3.93. The standard InChI is InChI=1S/C40H38F12N6O5/c1-20(2)9-28(32(59)36(3)19-63-36)54-33(60)29(15-22-10-24(37(41,42)43)17-25(11-22)38(44,45)46)55-34(61)30(56-35(62)31(57-58-53)14-21-7-5-4-6-8-21)16-23-12-26(39(47,48)49)18-27(13-23)40(50,51)52/h4-8,10-13,17-18,20,28-31H,9,14-16,19H2,1-3H3,(H,54,60)(H,55,61)(H,56,62)/t28-,29-,30-,31-,36-/m0/s1. The molecule has 4 rings (SSSR count). The molecule has 3 amide bonds. The number of ether oxygens (including phenoxy) is 1. The molecule has 0 aliphatic carbocycles. The fourth-order valence-electron chi connectivity index (χ4n) is 6.38. The minimum absolute atomic E-state index is 0.0744. The van der Waals surface area contributed by atoms with Crippen LogP contribution in [-0.2, 0) is 67.9 Å². The van der Waals surface area contributed by atoms with E-state index >= 15 is 0 Å². The molecule has 3 aromatic rings. The normalized spacial score (nSPS) is 17.5. The lowest BCUT2D eigenvalue weighted by molar-refractivity contribution is -0.144. The molecule has 1 aliphatic rings. The summed E-state index contributed by atoms with van der Waals surface area (Å²) in [4.78, 5) is 57.8. The van der Waals surface area contributed by atoms with E-state index in [1.54, 1.807) is 19.9 Å². The molecule has 342 valence electrons. The fourth-order valence-corrected chi connectivity index (χ4v) is 6.38. The number of hydrogen-bond donors (Lipinski definition) is 3. The third-order valence-electron chi connectivity index (χ3n) is 9.64. The van der Waals surface area contributed by atoms with Crippen LogP contribution in [0.25, 0.3) is 10.4 Å². The van der Waals surface area contributed by atoms with Gasteiger partial charge in [0.2, 0.25) is 17.7 Å². The van der Waals surface area contributed by atoms with Crippen LogP contribution in [0.1, 0.15) is 66.1 Å². The number of rotatable bonds is 17. The number of amides is 3. The van der Waals surface area contributed by atoms with Crippen molar-refractivity contribution in [3.8, 4) is 0 Å². The SMILES string of the molecule is CC(C)C[C@H](NC(=O)[C@H](Cc1cc(C(F)(F)F)cc(C(F)(F)F)c1)NC(=O)[C@H](Cc1cc(C(F)(F)F)cc(C(F)(F)F)c1)NC(=O)[C@H](Cc1ccccc1)N=[N+]=[N-])C(=O)[C@]1(C)CO1. The van der Waals surface area contributed by atoms with Crippen molar-refractivity contribution < 1.29 is 76.6 Å². The molecule has 11 nitrogen and oxygen atoms in total. The second-order valence-electron chi connectivity index (χ2n) is 15.3. The topological polar surface area (TPSA) is 166 Å². The Morgan fingerprint density at radius 2 is 1.02 bits per heavy atom. The number of Topliss-reactive ketones (excluding diaryl/α,β-unsaturated/α-hetero) is 1. The molecule has 0 bridgehead atoms. The minimum Gasteiger partial charge on any atom is -0.361 e. The van der Waals surface area contributed by atoms with Crippen molar-refractivity contribution in [2.24, 2.45) is 11.0 Å². The maximum atomic E-state index is 14.2. The van der Waals surface area contributed by atoms with Gasteiger partial charge in [0.1, 0.15) is 23.7 Å². The summed E-state index contributed by atoms with van der Waals surface area (Å²) >= 11 is 0. The van der Waals surface area contributed by atoms with Crippen LogP contribution in [0.3, 0.4) is 0 Å². The maximum absolute atomic E-state index is 14.2. The first-order valence-electron chi connectivity index (χ1n) is 18.7. The molecule has 1 fully saturated rings. The van der Waals surface area contributed by atoms with Crippen LogP contribution in [-0.4, -0.2) is 59.9 Å². The van der Waals surface area contributed by atoms with E-state index in [0.29, 0.717) is 5.56 Å². The number of benzene rings is 3. The lowest BCUT2D eigenvalue weighted by atomic mass is 9.92. The highest BCUT2D eigenvalue weighted by molar-refractivity contribution is 5.98. The number of alkyl halides is 12. The van der Waals surface area contributed by atoms with E-state index in [-0.39, 0.29) is 61.8 Å². The molecule has 1 saturated heterocycles. The van der Waals surface area contributed by atoms with Crippen LogP contribution < -0.4 is 16.0 Å². The van der Waals surface area contributed by atoms with Gasteiger partial charge in [-0.2, -0.15) is 52.7 Å². The third-order valence-corrected chi connectivity index (χ3v) is 9.64. The van der Waals surface area contributed by atoms with Crippen LogP contribution in [0.2, 0.25) is 0 Å². The largest absolute Gasteiger partial charge is 0.416 e. The van der Waals surface area contributed by atoms with E-state index in [2.05, 4.69) is 26.0 Å². The van der Waals surface area contributed by atoms with Crippen molar-refractivity contribution in [1.82, 2.24) is 16.0 Å². The molecule has 1 heterocycles. The lowest BCUT2D eigenvalue weighted by Crippen LogP contribution is -2.58. The Morgan fingerprint density at radius 1 is 0.635 bits per heavy atom. The number of nitrogens with one attached hydrogen (secondary N) is 3. The molecule has 0 radical (unpaired) electrons. The Labute approximate surface area is 350 Å². The van der Waals surface area contributed by atoms with Gasteiger partial charge in [-0.05, 0) is 84.3 Å². The Bertz CT molecular complexity index is 2140. The first kappa shape index (κ1) is 49.8. The minimum atomic E-state index is -5.38. The molecule has 23 heteroatoms. The van der Waals surface area contributed by atoms with Crippen LogP contribution in [0.5, 0.6) is 0 Å². The Kier molecular flexibility index (Phi) is 15.2. The van der Waals surface area contributed by atoms with Gasteiger partial charge < -0.3 is 20.7 Å². The summed E-state index contributed by atoms with van der Waals surface area (Å²) in [6.45, 7) is 4.57. The quantitative estimate of drug-likeness (QED) is 0.0407. The van der Waals surface area contributed by atoms with Crippen molar-refractivity contribution in [3.05, 3.63) is 116 Å². The van der Waals surface area contributed by atoms with Crippen LogP contribution in [0.15, 0.2) is 71.8 Å². The maximum Gasteiger partial charge on any atom is 0.416 e. The van der Waals surface area contributed by atoms with Gasteiger partial charge in [0, 0.05) is 17.8 Å². The molecule has 0 unspecified atom stereocenters. The number of carbonyl (C=O) groups is 4. The van der Waals surface area contributed by atoms with E-state index in [4.69, 9.17) is 4.74 Å². The zero-order valence-electron chi connectivity index (χ0n) is 33.2. The van der Waals surface area contributed by atoms with Gasteiger partial charge in [0.15, 0.2) is 5.78 Å². The van der Waals surface area contributed by atoms with Gasteiger partial charge >= 0.3 is 24.7 Å². The summed E-state index contributed by atoms with van der Waals surface area (Å²) in [6.07, 6.45) is -24.3. The van der Waals surface area contributed by atoms with Gasteiger partial charge in [-0.25, -0.2) is 0 Å². The van der Waals surface area contributed by atoms with Crippen molar-refractivity contribution in [3.63, 3.8) is 0 Å². The number of nitrogens with zero attached hydrogens (tertiary/aromatic N) is 3. The number of epoxide rings is 1. The third kappa shape index (κ3) is 14.1. The second kappa shape index (κ2) is 19.3. The van der Waals surface area contributed by atoms with Gasteiger partial charge in [0.25, 0.3) is 0 Å². The Hall–Kier alpha value is -5.83. The predicted molar refractivity (Wildman–Crippen MR) is 198 cm³/mol. The first-order valence-corrected chi connectivity index (χ1v) is 18.7. The molecule has 63 heavy (non-hydrogen) atoms. The van der Waals surface area contributed by atoms with Crippen molar-refractivity contribution in [1.29, 1.82) is 0 Å². The predicted octanol–water partition coefficient (Wildman–Crippen LogP) is 8.33. The molecular weight excluding hydrogens is 872 g/mol. The van der Waals surface area contributed by atoms with Crippen molar-refractivity contribution in [2.75, 3.05) is 6.61 Å². The number of azide groups is 1. The molecule has 5 atom stereocenters. The molecule has 3 aromatic carbocycles. The zero-order valence-corrected chi connectivity index (χ0v) is 33.2. The lowest BCUT2D eigenvalue weighted by Gasteiger charge is -2.27. The average molecular weight is 911 g/mol. The fraction of sp³-hybridized carbons (Fsp3) is 0.450. The van der Waals surface area contributed by atoms with E-state index in [9.17, 15) is 77.4 Å². The van der Waals surface area contributed by atoms with Crippen LogP contribution in [0, 0.1) is 5.92 Å². The van der Waals surface area contributed by atoms with Crippen molar-refractivity contribution in [2.45, 2.75) is 101 Å². The summed E-state index contributed by atoms with van der Waals surface area (Å²) in [5.41, 5.74) is -0.802. The summed E-state index contributed by atoms with van der Waals surface area (Å²) in [6, 6.07) is 0.503. The van der Waals surface area contributed by atoms with Gasteiger partial charge in [-0.15, -0.1) is 0 Å². The first-order chi connectivity index (χ1) is 29.0. The van der Waals surface area contributed by atoms with E-state index in [0.717, 1.165) is 0 Å². The Balaban J connectivity index is 1.84. The number of halogens is 12. The van der Waals surface area contributed by atoms with Gasteiger partial charge in [-0.3, -0.25) is 19.2 Å². The highest BCUT2D eigenvalue weighted by Gasteiger charge is 2.50. The van der Waals surface area contributed by atoms with Gasteiger partial charge in [0.05, 0.1) is 34.9 Å². The van der Waals surface area contributed by atoms with Gasteiger partial charge in [-0.1, -0.05) is 49.3 Å². The van der Waals surface area contributed by atoms with Crippen molar-refractivity contribution >= 4 is 23.5 Å². The summed E-state index contributed by atoms with van der Waals surface area (Å²) in [5, 5.41) is 9.85. The number of ketones is 1. The highest BCUT2D eigenvalue weighted by Crippen LogP contribution is 2.38. The molecule has 3 N–H and O–H groups in total. The monoisotopic (exact) mass is 910 g/mol. The molecule has 1 aliphatic heterocycles. The van der Waals surface area contributed by atoms with E-state index in [1.165, 1.54) is 31.2 Å². The molecule has 0 saturated carbocycles. The number of hydrogen-bond acceptors (Lipinski definition) is 6. The molecule has 0 spiro atoms. The second-order valence-corrected chi connectivity index (χ2v) is 15.3. The van der Waals surface area contributed by atoms with Crippen LogP contribution >= 0.6 is 0 Å². The van der Waals surface area contributed by atoms with E-state index < -0.39 is 124 Å². The smallest absolute Gasteiger partial charge is 0.361 e. The number of carbonyl (C=O) groups excluding carboxylic acids is 4. The zero-order chi connectivity index (χ0) is 47.3. The van der Waals surface area contributed by atoms with Crippen LogP contribution in [0.4, 0.5) is 52.7 Å². The molecular formula is C40H38F12N6O5. The molecule has 0 aromatic heterocycles. The summed E-state index contributed by atoms with van der Waals surface area (Å²) in [5.74, 6) is -5.31. The highest BCUT2D eigenvalue weighted by atomic mass is 19.4.